The number of benzene rings is 2. The number of carbonyl (C=O) groups excluding carboxylic acids is 3. The maximum absolute atomic E-state index is 15.3. The number of amides is 2. The molecule has 9 nitrogen and oxygen atoms in total. The van der Waals surface area contributed by atoms with Gasteiger partial charge in [-0.1, -0.05) is 35.9 Å². The number of likely N-dealkylation sites (tertiary alicyclic amines) is 1. The van der Waals surface area contributed by atoms with Gasteiger partial charge in [-0.25, -0.2) is 23.4 Å². The summed E-state index contributed by atoms with van der Waals surface area (Å²) in [7, 11) is 0. The van der Waals surface area contributed by atoms with E-state index in [0.29, 0.717) is 46.1 Å². The van der Waals surface area contributed by atoms with Crippen molar-refractivity contribution in [3.8, 4) is 11.1 Å². The van der Waals surface area contributed by atoms with Crippen molar-refractivity contribution in [2.24, 2.45) is 0 Å². The summed E-state index contributed by atoms with van der Waals surface area (Å²) in [5.41, 5.74) is 3.47. The zero-order chi connectivity index (χ0) is 32.9. The minimum Gasteiger partial charge on any atom is -0.464 e. The van der Waals surface area contributed by atoms with Crippen LogP contribution in [-0.4, -0.2) is 75.0 Å². The number of rotatable bonds is 6. The molecule has 0 saturated carbocycles. The summed E-state index contributed by atoms with van der Waals surface area (Å²) in [6, 6.07) is 9.81. The van der Waals surface area contributed by atoms with E-state index in [1.54, 1.807) is 44.4 Å². The van der Waals surface area contributed by atoms with Crippen molar-refractivity contribution in [3.05, 3.63) is 75.8 Å². The zero-order valence-electron chi connectivity index (χ0n) is 26.3. The SMILES string of the molecule is CCOC(=O)C(c1ncn2c1C[C@@H](F)C2)N1Cc2c(Cl)cc(-c3ccc([C@@H]4CCN(C(=O)OC(C)(C)C)C[C@H]4F)cc3)cc2C1=O. The van der Waals surface area contributed by atoms with Gasteiger partial charge in [0.25, 0.3) is 5.91 Å². The van der Waals surface area contributed by atoms with Crippen molar-refractivity contribution in [2.45, 2.75) is 83.5 Å². The van der Waals surface area contributed by atoms with Gasteiger partial charge in [0.2, 0.25) is 0 Å². The number of hydrogen-bond acceptors (Lipinski definition) is 6. The summed E-state index contributed by atoms with van der Waals surface area (Å²) in [4.78, 5) is 46.7. The molecule has 2 aromatic carbocycles. The van der Waals surface area contributed by atoms with Crippen molar-refractivity contribution in [2.75, 3.05) is 19.7 Å². The van der Waals surface area contributed by atoms with Gasteiger partial charge in [0.05, 0.1) is 31.7 Å². The van der Waals surface area contributed by atoms with Crippen LogP contribution in [0.2, 0.25) is 5.02 Å². The molecule has 1 unspecified atom stereocenters. The van der Waals surface area contributed by atoms with Gasteiger partial charge in [-0.3, -0.25) is 4.79 Å². The summed E-state index contributed by atoms with van der Waals surface area (Å²) in [5.74, 6) is -1.41. The van der Waals surface area contributed by atoms with Crippen molar-refractivity contribution < 1.29 is 32.6 Å². The van der Waals surface area contributed by atoms with Crippen LogP contribution in [0.3, 0.4) is 0 Å². The Bertz CT molecular complexity index is 1670. The second kappa shape index (κ2) is 12.3. The van der Waals surface area contributed by atoms with Crippen LogP contribution >= 0.6 is 11.6 Å². The van der Waals surface area contributed by atoms with Crippen LogP contribution in [0.15, 0.2) is 42.7 Å². The Morgan fingerprint density at radius 1 is 1.11 bits per heavy atom. The molecule has 2 amide bonds. The van der Waals surface area contributed by atoms with Crippen LogP contribution in [0.4, 0.5) is 13.6 Å². The molecule has 3 aliphatic heterocycles. The number of piperidine rings is 1. The molecule has 0 bridgehead atoms. The highest BCUT2D eigenvalue weighted by atomic mass is 35.5. The highest BCUT2D eigenvalue weighted by Gasteiger charge is 2.43. The van der Waals surface area contributed by atoms with Gasteiger partial charge in [0.1, 0.15) is 17.9 Å². The van der Waals surface area contributed by atoms with E-state index in [1.807, 2.05) is 24.3 Å². The summed E-state index contributed by atoms with van der Waals surface area (Å²) in [5, 5.41) is 0.368. The highest BCUT2D eigenvalue weighted by Crippen LogP contribution is 2.40. The minimum atomic E-state index is -1.25. The van der Waals surface area contributed by atoms with E-state index in [4.69, 9.17) is 21.1 Å². The van der Waals surface area contributed by atoms with Crippen LogP contribution in [0, 0.1) is 0 Å². The number of nitrogens with zero attached hydrogens (tertiary/aromatic N) is 4. The van der Waals surface area contributed by atoms with Crippen LogP contribution in [0.25, 0.3) is 11.1 Å². The summed E-state index contributed by atoms with van der Waals surface area (Å²) < 4.78 is 41.9. The quantitative estimate of drug-likeness (QED) is 0.285. The smallest absolute Gasteiger partial charge is 0.410 e. The molecule has 1 saturated heterocycles. The lowest BCUT2D eigenvalue weighted by atomic mass is 9.87. The number of hydrogen-bond donors (Lipinski definition) is 0. The number of imidazole rings is 1. The molecule has 12 heteroatoms. The third kappa shape index (κ3) is 6.09. The summed E-state index contributed by atoms with van der Waals surface area (Å²) in [6.07, 6.45) is -0.786. The van der Waals surface area contributed by atoms with E-state index >= 15 is 4.39 Å². The standard InChI is InChI=1S/C34H37ClF2N4O5/c1-5-45-32(43)30(29-28-14-22(36)15-40(28)18-38-29)41-16-25-24(31(41)42)12-21(13-26(25)35)19-6-8-20(9-7-19)23-10-11-39(17-27(23)37)33(44)46-34(2,3)4/h6-9,12-13,18,22-23,27,30H,5,10-11,14-17H2,1-4H3/t22-,23+,27-,30?/m1/s1. The zero-order valence-corrected chi connectivity index (χ0v) is 27.0. The third-order valence-corrected chi connectivity index (χ3v) is 9.09. The lowest BCUT2D eigenvalue weighted by Gasteiger charge is -2.35. The number of ether oxygens (including phenoxy) is 2. The van der Waals surface area contributed by atoms with Gasteiger partial charge < -0.3 is 23.8 Å². The van der Waals surface area contributed by atoms with E-state index in [-0.39, 0.29) is 38.6 Å². The Morgan fingerprint density at radius 3 is 2.52 bits per heavy atom. The number of aromatic nitrogens is 2. The fourth-order valence-corrected chi connectivity index (χ4v) is 6.86. The Morgan fingerprint density at radius 2 is 1.85 bits per heavy atom. The second-order valence-corrected chi connectivity index (χ2v) is 13.5. The van der Waals surface area contributed by atoms with Crippen molar-refractivity contribution in [1.82, 2.24) is 19.4 Å². The molecule has 0 spiro atoms. The monoisotopic (exact) mass is 654 g/mol. The van der Waals surface area contributed by atoms with Crippen molar-refractivity contribution in [3.63, 3.8) is 0 Å². The minimum absolute atomic E-state index is 0.0384. The molecular formula is C34H37ClF2N4O5. The van der Waals surface area contributed by atoms with Crippen LogP contribution in [0.1, 0.15) is 78.9 Å². The fraction of sp³-hybridized carbons (Fsp3) is 0.471. The summed E-state index contributed by atoms with van der Waals surface area (Å²) in [6.45, 7) is 7.70. The lowest BCUT2D eigenvalue weighted by Crippen LogP contribution is -2.46. The molecule has 46 heavy (non-hydrogen) atoms. The maximum Gasteiger partial charge on any atom is 0.410 e. The molecular weight excluding hydrogens is 618 g/mol. The Hall–Kier alpha value is -3.99. The lowest BCUT2D eigenvalue weighted by molar-refractivity contribution is -0.149. The van der Waals surface area contributed by atoms with E-state index < -0.39 is 42.0 Å². The second-order valence-electron chi connectivity index (χ2n) is 13.1. The number of halogens is 3. The molecule has 3 aromatic rings. The molecule has 0 aliphatic carbocycles. The van der Waals surface area contributed by atoms with Crippen molar-refractivity contribution in [1.29, 1.82) is 0 Å². The normalized spacial score (nSPS) is 21.6. The van der Waals surface area contributed by atoms with Crippen LogP contribution < -0.4 is 0 Å². The molecule has 0 radical (unpaired) electrons. The first-order valence-corrected chi connectivity index (χ1v) is 15.9. The number of fused-ring (bicyclic) bond motifs is 2. The largest absolute Gasteiger partial charge is 0.464 e. The molecule has 1 aromatic heterocycles. The summed E-state index contributed by atoms with van der Waals surface area (Å²) >= 11 is 6.73. The average molecular weight is 655 g/mol. The first-order valence-electron chi connectivity index (χ1n) is 15.5. The van der Waals surface area contributed by atoms with Gasteiger partial charge in [-0.05, 0) is 62.9 Å². The fourth-order valence-electron chi connectivity index (χ4n) is 6.58. The van der Waals surface area contributed by atoms with Gasteiger partial charge in [0.15, 0.2) is 6.04 Å². The van der Waals surface area contributed by atoms with Crippen LogP contribution in [-0.2, 0) is 33.8 Å². The highest BCUT2D eigenvalue weighted by molar-refractivity contribution is 6.32. The topological polar surface area (TPSA) is 94.0 Å². The Kier molecular flexibility index (Phi) is 8.56. The number of esters is 1. The third-order valence-electron chi connectivity index (χ3n) is 8.75. The Labute approximate surface area is 271 Å². The average Bonchev–Trinajstić information content (AvgIpc) is 3.66. The van der Waals surface area contributed by atoms with E-state index in [9.17, 15) is 18.8 Å². The predicted octanol–water partition coefficient (Wildman–Crippen LogP) is 6.42. The van der Waals surface area contributed by atoms with Crippen molar-refractivity contribution >= 4 is 29.6 Å². The molecule has 6 rings (SSSR count). The van der Waals surface area contributed by atoms with E-state index in [2.05, 4.69) is 4.98 Å². The molecule has 4 atom stereocenters. The number of alkyl halides is 2. The van der Waals surface area contributed by atoms with E-state index in [0.717, 1.165) is 11.1 Å². The maximum atomic E-state index is 15.3. The molecule has 3 aliphatic rings. The van der Waals surface area contributed by atoms with Gasteiger partial charge in [-0.15, -0.1) is 0 Å². The van der Waals surface area contributed by atoms with E-state index in [1.165, 1.54) is 16.1 Å². The Balaban J connectivity index is 1.21. The van der Waals surface area contributed by atoms with Gasteiger partial charge >= 0.3 is 12.1 Å². The number of carbonyl (C=O) groups is 3. The van der Waals surface area contributed by atoms with Crippen LogP contribution in [0.5, 0.6) is 0 Å². The molecule has 1 fully saturated rings. The van der Waals surface area contributed by atoms with Gasteiger partial charge in [-0.2, -0.15) is 0 Å². The first kappa shape index (κ1) is 32.0. The molecule has 244 valence electrons. The predicted molar refractivity (Wildman–Crippen MR) is 167 cm³/mol. The molecule has 4 heterocycles. The first-order chi connectivity index (χ1) is 21.8. The molecule has 0 N–H and O–H groups in total. The van der Waals surface area contributed by atoms with Gasteiger partial charge in [0, 0.05) is 47.3 Å².